The molecule has 0 spiro atoms. The maximum Gasteiger partial charge on any atom is 0.133 e. The van der Waals surface area contributed by atoms with E-state index in [1.807, 2.05) is 26.0 Å². The Morgan fingerprint density at radius 3 is 2.54 bits per heavy atom. The highest BCUT2D eigenvalue weighted by Gasteiger charge is 2.21. The van der Waals surface area contributed by atoms with Crippen LogP contribution < -0.4 is 5.73 Å². The van der Waals surface area contributed by atoms with Gasteiger partial charge in [0, 0.05) is 32.6 Å². The van der Waals surface area contributed by atoms with Gasteiger partial charge in [-0.2, -0.15) is 0 Å². The first-order chi connectivity index (χ1) is 12.3. The molecule has 3 nitrogen and oxygen atoms in total. The van der Waals surface area contributed by atoms with E-state index in [2.05, 4.69) is 11.6 Å². The van der Waals surface area contributed by atoms with Crippen LogP contribution in [0.1, 0.15) is 29.2 Å². The second-order valence-electron chi connectivity index (χ2n) is 6.34. The van der Waals surface area contributed by atoms with Crippen LogP contribution in [0, 0.1) is 25.1 Å². The fraction of sp³-hybridized carbons (Fsp3) is 0.143. The first-order valence-electron chi connectivity index (χ1n) is 8.13. The fourth-order valence-corrected chi connectivity index (χ4v) is 3.47. The van der Waals surface area contributed by atoms with Crippen LogP contribution in [0.25, 0.3) is 28.1 Å². The van der Waals surface area contributed by atoms with Gasteiger partial charge in [0.2, 0.25) is 0 Å². The molecule has 132 valence electrons. The highest BCUT2D eigenvalue weighted by Crippen LogP contribution is 2.38. The maximum absolute atomic E-state index is 15.0. The lowest BCUT2D eigenvalue weighted by Gasteiger charge is -2.17. The summed E-state index contributed by atoms with van der Waals surface area (Å²) >= 11 is 6.29. The normalized spacial score (nSPS) is 11.0. The zero-order chi connectivity index (χ0) is 19.2. The molecular weight excluding hydrogens is 349 g/mol. The number of nitrogen functional groups attached to an aromatic ring is 1. The summed E-state index contributed by atoms with van der Waals surface area (Å²) in [6.07, 6.45) is 1.65. The first kappa shape index (κ1) is 18.1. The fourth-order valence-electron chi connectivity index (χ4n) is 3.21. The molecule has 0 radical (unpaired) electrons. The molecule has 0 aliphatic carbocycles. The molecule has 0 fully saturated rings. The molecule has 26 heavy (non-hydrogen) atoms. The second-order valence-corrected chi connectivity index (χ2v) is 6.74. The second kappa shape index (κ2) is 6.54. The average Bonchev–Trinajstić information content (AvgIpc) is 2.58. The van der Waals surface area contributed by atoms with Crippen molar-refractivity contribution in [1.82, 2.24) is 4.98 Å². The summed E-state index contributed by atoms with van der Waals surface area (Å²) in [5.41, 5.74) is 10.4. The summed E-state index contributed by atoms with van der Waals surface area (Å²) in [6.45, 7) is 9.09. The number of benzene rings is 2. The van der Waals surface area contributed by atoms with E-state index in [1.165, 1.54) is 6.07 Å². The highest BCUT2D eigenvalue weighted by molar-refractivity contribution is 6.32. The topological polar surface area (TPSA) is 62.8 Å². The van der Waals surface area contributed by atoms with E-state index >= 15 is 0 Å². The minimum atomic E-state index is -0.392. The van der Waals surface area contributed by atoms with E-state index in [1.54, 1.807) is 19.1 Å². The number of pyridine rings is 1. The van der Waals surface area contributed by atoms with Crippen LogP contribution in [0.15, 0.2) is 30.8 Å². The van der Waals surface area contributed by atoms with Crippen molar-refractivity contribution in [3.8, 4) is 11.3 Å². The van der Waals surface area contributed by atoms with Gasteiger partial charge >= 0.3 is 0 Å². The molecule has 5 heteroatoms. The molecule has 0 bridgehead atoms. The van der Waals surface area contributed by atoms with Crippen molar-refractivity contribution in [2.24, 2.45) is 0 Å². The molecule has 0 saturated carbocycles. The maximum atomic E-state index is 15.0. The van der Waals surface area contributed by atoms with Crippen LogP contribution in [0.3, 0.4) is 0 Å². The van der Waals surface area contributed by atoms with E-state index in [4.69, 9.17) is 22.7 Å². The highest BCUT2D eigenvalue weighted by atomic mass is 35.5. The number of anilines is 1. The van der Waals surface area contributed by atoms with Gasteiger partial charge in [0.1, 0.15) is 11.6 Å². The van der Waals surface area contributed by atoms with Gasteiger partial charge in [-0.1, -0.05) is 36.4 Å². The molecule has 0 saturated heterocycles. The Balaban J connectivity index is 2.51. The minimum Gasteiger partial charge on any atom is -0.383 e. The van der Waals surface area contributed by atoms with Gasteiger partial charge < -0.3 is 11.1 Å². The van der Waals surface area contributed by atoms with Crippen molar-refractivity contribution in [2.45, 2.75) is 20.8 Å². The third kappa shape index (κ3) is 2.76. The summed E-state index contributed by atoms with van der Waals surface area (Å²) in [7, 11) is 0. The summed E-state index contributed by atoms with van der Waals surface area (Å²) in [4.78, 5) is 4.43. The van der Waals surface area contributed by atoms with Gasteiger partial charge in [0.15, 0.2) is 0 Å². The Hall–Kier alpha value is -2.72. The Kier molecular flexibility index (Phi) is 4.55. The molecule has 0 aliphatic rings. The predicted molar refractivity (Wildman–Crippen MR) is 109 cm³/mol. The van der Waals surface area contributed by atoms with Gasteiger partial charge in [0.05, 0.1) is 5.69 Å². The Morgan fingerprint density at radius 1 is 1.27 bits per heavy atom. The van der Waals surface area contributed by atoms with Crippen molar-refractivity contribution >= 4 is 40.0 Å². The van der Waals surface area contributed by atoms with Crippen molar-refractivity contribution in [2.75, 3.05) is 5.73 Å². The summed E-state index contributed by atoms with van der Waals surface area (Å²) in [5, 5.41) is 9.57. The van der Waals surface area contributed by atoms with E-state index < -0.39 is 5.82 Å². The minimum absolute atomic E-state index is 0.206. The summed E-state index contributed by atoms with van der Waals surface area (Å²) in [5.74, 6) is -0.186. The number of nitrogens with two attached hydrogens (primary N) is 1. The van der Waals surface area contributed by atoms with Crippen LogP contribution in [0.4, 0.5) is 10.2 Å². The van der Waals surface area contributed by atoms with Gasteiger partial charge in [0.25, 0.3) is 0 Å². The Morgan fingerprint density at radius 2 is 1.96 bits per heavy atom. The smallest absolute Gasteiger partial charge is 0.133 e. The molecule has 3 aromatic rings. The SMILES string of the molecule is C=Cc1ccc(-c2nc(N)c(C(C)=N)c3c(C)c(C)cc(F)c23)cc1Cl. The quantitative estimate of drug-likeness (QED) is 0.564. The van der Waals surface area contributed by atoms with E-state index in [0.29, 0.717) is 32.6 Å². The zero-order valence-electron chi connectivity index (χ0n) is 14.9. The number of rotatable bonds is 3. The standard InChI is InChI=1S/C21H19ClFN3/c1-5-13-6-7-14(9-15(13)22)20-19-16(23)8-10(2)11(3)17(19)18(12(4)24)21(25)26-20/h5-9,24H,1H2,2-4H3,(H2,25,26). The third-order valence-corrected chi connectivity index (χ3v) is 4.97. The predicted octanol–water partition coefficient (Wildman–Crippen LogP) is 5.92. The van der Waals surface area contributed by atoms with E-state index in [-0.39, 0.29) is 11.5 Å². The molecule has 0 atom stereocenters. The lowest BCUT2D eigenvalue weighted by Crippen LogP contribution is -2.08. The monoisotopic (exact) mass is 367 g/mol. The number of fused-ring (bicyclic) bond motifs is 1. The Labute approximate surface area is 156 Å². The van der Waals surface area contributed by atoms with Gasteiger partial charge in [-0.05, 0) is 49.6 Å². The number of halogens is 2. The van der Waals surface area contributed by atoms with E-state index in [0.717, 1.165) is 16.7 Å². The third-order valence-electron chi connectivity index (χ3n) is 4.64. The number of aromatic nitrogens is 1. The molecular formula is C21H19ClFN3. The van der Waals surface area contributed by atoms with Crippen LogP contribution in [0.5, 0.6) is 0 Å². The zero-order valence-corrected chi connectivity index (χ0v) is 15.6. The van der Waals surface area contributed by atoms with Crippen molar-refractivity contribution in [3.63, 3.8) is 0 Å². The molecule has 1 aromatic heterocycles. The van der Waals surface area contributed by atoms with Gasteiger partial charge in [-0.15, -0.1) is 0 Å². The van der Waals surface area contributed by atoms with Crippen LogP contribution in [-0.2, 0) is 0 Å². The van der Waals surface area contributed by atoms with Crippen LogP contribution >= 0.6 is 11.6 Å². The molecule has 0 unspecified atom stereocenters. The Bertz CT molecular complexity index is 1090. The number of nitrogens with one attached hydrogen (secondary N) is 1. The average molecular weight is 368 g/mol. The summed E-state index contributed by atoms with van der Waals surface area (Å²) < 4.78 is 15.0. The molecule has 0 amide bonds. The van der Waals surface area contributed by atoms with Crippen molar-refractivity contribution < 1.29 is 4.39 Å². The number of aryl methyl sites for hydroxylation is 2. The van der Waals surface area contributed by atoms with Crippen LogP contribution in [-0.4, -0.2) is 10.7 Å². The molecule has 2 aromatic carbocycles. The van der Waals surface area contributed by atoms with E-state index in [9.17, 15) is 4.39 Å². The van der Waals surface area contributed by atoms with Gasteiger partial charge in [-0.25, -0.2) is 9.37 Å². The van der Waals surface area contributed by atoms with Crippen molar-refractivity contribution in [1.29, 1.82) is 5.41 Å². The first-order valence-corrected chi connectivity index (χ1v) is 8.50. The molecule has 3 rings (SSSR count). The largest absolute Gasteiger partial charge is 0.383 e. The number of hydrogen-bond donors (Lipinski definition) is 2. The van der Waals surface area contributed by atoms with Gasteiger partial charge in [-0.3, -0.25) is 0 Å². The number of hydrogen-bond acceptors (Lipinski definition) is 3. The molecule has 3 N–H and O–H groups in total. The lowest BCUT2D eigenvalue weighted by atomic mass is 9.92. The molecule has 1 heterocycles. The van der Waals surface area contributed by atoms with Crippen LogP contribution in [0.2, 0.25) is 5.02 Å². The lowest BCUT2D eigenvalue weighted by molar-refractivity contribution is 0.638. The number of nitrogens with zero attached hydrogens (tertiary/aromatic N) is 1. The summed E-state index contributed by atoms with van der Waals surface area (Å²) in [6, 6.07) is 6.84. The molecule has 0 aliphatic heterocycles. The van der Waals surface area contributed by atoms with Crippen molar-refractivity contribution in [3.05, 3.63) is 63.9 Å².